The molecule has 0 saturated carbocycles. The van der Waals surface area contributed by atoms with Gasteiger partial charge in [-0.2, -0.15) is 5.10 Å². The molecule has 1 atom stereocenters. The van der Waals surface area contributed by atoms with Crippen molar-refractivity contribution in [2.45, 2.75) is 12.5 Å². The van der Waals surface area contributed by atoms with E-state index in [0.29, 0.717) is 23.6 Å². The van der Waals surface area contributed by atoms with Crippen LogP contribution in [0.3, 0.4) is 0 Å². The van der Waals surface area contributed by atoms with Crippen molar-refractivity contribution in [3.05, 3.63) is 88.1 Å². The summed E-state index contributed by atoms with van der Waals surface area (Å²) in [5, 5.41) is 6.22. The van der Waals surface area contributed by atoms with E-state index in [9.17, 15) is 4.79 Å². The zero-order chi connectivity index (χ0) is 22.1. The maximum Gasteiger partial charge on any atom is 0.254 e. The molecule has 32 heavy (non-hydrogen) atoms. The van der Waals surface area contributed by atoms with Crippen LogP contribution in [-0.2, 0) is 6.42 Å². The van der Waals surface area contributed by atoms with Gasteiger partial charge >= 0.3 is 0 Å². The molecule has 2 aromatic heterocycles. The minimum atomic E-state index is -0.193. The number of rotatable bonds is 5. The Labute approximate surface area is 189 Å². The van der Waals surface area contributed by atoms with E-state index in [4.69, 9.17) is 9.47 Å². The molecule has 0 aliphatic carbocycles. The second kappa shape index (κ2) is 8.47. The first kappa shape index (κ1) is 20.3. The summed E-state index contributed by atoms with van der Waals surface area (Å²) in [6, 6.07) is 15.4. The first-order chi connectivity index (χ1) is 15.7. The highest BCUT2D eigenvalue weighted by Gasteiger charge is 2.34. The molecule has 1 aliphatic heterocycles. The second-order valence-corrected chi connectivity index (χ2v) is 8.44. The third-order valence-electron chi connectivity index (χ3n) is 5.72. The number of aromatic nitrogens is 3. The summed E-state index contributed by atoms with van der Waals surface area (Å²) in [5.41, 5.74) is 3.65. The van der Waals surface area contributed by atoms with Gasteiger partial charge in [0.15, 0.2) is 11.5 Å². The lowest BCUT2D eigenvalue weighted by Crippen LogP contribution is -2.40. The molecule has 1 amide bonds. The highest BCUT2D eigenvalue weighted by Crippen LogP contribution is 2.42. The molecule has 0 bridgehead atoms. The average Bonchev–Trinajstić information content (AvgIpc) is 3.56. The Morgan fingerprint density at radius 2 is 1.94 bits per heavy atom. The molecule has 7 nitrogen and oxygen atoms in total. The first-order valence-corrected chi connectivity index (χ1v) is 11.1. The van der Waals surface area contributed by atoms with Crippen LogP contribution in [0, 0.1) is 0 Å². The van der Waals surface area contributed by atoms with Crippen LogP contribution in [0.1, 0.15) is 32.4 Å². The lowest BCUT2D eigenvalue weighted by atomic mass is 9.90. The number of fused-ring (bicyclic) bond motifs is 1. The largest absolute Gasteiger partial charge is 0.493 e. The van der Waals surface area contributed by atoms with Crippen molar-refractivity contribution in [2.24, 2.45) is 0 Å². The Hall–Kier alpha value is -3.65. The number of nitrogens with zero attached hydrogens (tertiary/aromatic N) is 4. The fourth-order valence-corrected chi connectivity index (χ4v) is 5.06. The highest BCUT2D eigenvalue weighted by atomic mass is 32.1. The molecule has 5 rings (SSSR count). The van der Waals surface area contributed by atoms with Gasteiger partial charge in [0.05, 0.1) is 25.9 Å². The fraction of sp³-hybridized carbons (Fsp3) is 0.208. The van der Waals surface area contributed by atoms with Crippen molar-refractivity contribution < 1.29 is 14.3 Å². The third kappa shape index (κ3) is 3.52. The summed E-state index contributed by atoms with van der Waals surface area (Å²) in [6.45, 7) is 0.609. The number of hydrogen-bond donors (Lipinski definition) is 0. The van der Waals surface area contributed by atoms with Gasteiger partial charge in [-0.3, -0.25) is 4.79 Å². The second-order valence-electron chi connectivity index (χ2n) is 7.46. The molecule has 0 spiro atoms. The van der Waals surface area contributed by atoms with Gasteiger partial charge in [-0.25, -0.2) is 9.67 Å². The molecule has 0 N–H and O–H groups in total. The standard InChI is InChI=1S/C24H22N4O3S/c1-30-20-12-16-8-9-27(23(22-7-4-10-32-22)19(16)13-21(20)31-2)24(29)17-5-3-6-18(11-17)28-15-25-14-26-28/h3-7,10-15,23H,8-9H2,1-2H3/t23-/m0/s1. The van der Waals surface area contributed by atoms with Crippen molar-refractivity contribution in [3.8, 4) is 17.2 Å². The van der Waals surface area contributed by atoms with E-state index < -0.39 is 0 Å². The summed E-state index contributed by atoms with van der Waals surface area (Å²) >= 11 is 1.65. The molecule has 0 unspecified atom stereocenters. The topological polar surface area (TPSA) is 69.5 Å². The first-order valence-electron chi connectivity index (χ1n) is 10.2. The van der Waals surface area contributed by atoms with Crippen molar-refractivity contribution in [2.75, 3.05) is 20.8 Å². The maximum atomic E-state index is 13.7. The Bertz CT molecular complexity index is 1240. The number of methoxy groups -OCH3 is 2. The number of amides is 1. The van der Waals surface area contributed by atoms with E-state index in [0.717, 1.165) is 22.5 Å². The Balaban J connectivity index is 1.57. The van der Waals surface area contributed by atoms with E-state index in [2.05, 4.69) is 16.1 Å². The maximum absolute atomic E-state index is 13.7. The van der Waals surface area contributed by atoms with Crippen LogP contribution in [0.15, 0.2) is 66.6 Å². The number of carbonyl (C=O) groups is 1. The quantitative estimate of drug-likeness (QED) is 0.461. The summed E-state index contributed by atoms with van der Waals surface area (Å²) in [4.78, 5) is 20.8. The number of hydrogen-bond acceptors (Lipinski definition) is 6. The van der Waals surface area contributed by atoms with Gasteiger partial charge in [0.2, 0.25) is 0 Å². The van der Waals surface area contributed by atoms with Crippen LogP contribution in [0.5, 0.6) is 11.5 Å². The normalized spacial score (nSPS) is 15.3. The van der Waals surface area contributed by atoms with Crippen LogP contribution in [-0.4, -0.2) is 46.3 Å². The smallest absolute Gasteiger partial charge is 0.254 e. The van der Waals surface area contributed by atoms with E-state index >= 15 is 0 Å². The predicted octanol–water partition coefficient (Wildman–Crippen LogP) is 4.13. The van der Waals surface area contributed by atoms with Gasteiger partial charge in [0, 0.05) is 17.0 Å². The molecular weight excluding hydrogens is 424 g/mol. The molecule has 0 saturated heterocycles. The SMILES string of the molecule is COc1cc2c(cc1OC)[C@@H](c1cccs1)N(C(=O)c1cccc(-n3cncn3)c1)CC2. The molecule has 162 valence electrons. The molecule has 4 aromatic rings. The molecule has 0 fully saturated rings. The Kier molecular flexibility index (Phi) is 5.36. The number of benzene rings is 2. The molecule has 8 heteroatoms. The molecule has 1 aliphatic rings. The minimum Gasteiger partial charge on any atom is -0.493 e. The van der Waals surface area contributed by atoms with Crippen molar-refractivity contribution in [1.82, 2.24) is 19.7 Å². The fourth-order valence-electron chi connectivity index (χ4n) is 4.21. The molecular formula is C24H22N4O3S. The van der Waals surface area contributed by atoms with E-state index in [1.807, 2.05) is 52.7 Å². The van der Waals surface area contributed by atoms with Crippen molar-refractivity contribution in [1.29, 1.82) is 0 Å². The van der Waals surface area contributed by atoms with Gasteiger partial charge in [-0.1, -0.05) is 12.1 Å². The van der Waals surface area contributed by atoms with Crippen LogP contribution >= 0.6 is 11.3 Å². The lowest BCUT2D eigenvalue weighted by molar-refractivity contribution is 0.0697. The van der Waals surface area contributed by atoms with Crippen LogP contribution in [0.25, 0.3) is 5.69 Å². The van der Waals surface area contributed by atoms with Crippen LogP contribution in [0.2, 0.25) is 0 Å². The third-order valence-corrected chi connectivity index (χ3v) is 6.65. The van der Waals surface area contributed by atoms with E-state index in [1.165, 1.54) is 11.9 Å². The van der Waals surface area contributed by atoms with E-state index in [-0.39, 0.29) is 11.9 Å². The summed E-state index contributed by atoms with van der Waals surface area (Å²) in [5.74, 6) is 1.34. The van der Waals surface area contributed by atoms with Crippen LogP contribution < -0.4 is 9.47 Å². The monoisotopic (exact) mass is 446 g/mol. The molecule has 0 radical (unpaired) electrons. The Morgan fingerprint density at radius 1 is 1.09 bits per heavy atom. The zero-order valence-electron chi connectivity index (χ0n) is 17.8. The van der Waals surface area contributed by atoms with Gasteiger partial charge in [-0.15, -0.1) is 11.3 Å². The summed E-state index contributed by atoms with van der Waals surface area (Å²) < 4.78 is 12.7. The predicted molar refractivity (Wildman–Crippen MR) is 122 cm³/mol. The van der Waals surface area contributed by atoms with Crippen LogP contribution in [0.4, 0.5) is 0 Å². The van der Waals surface area contributed by atoms with Gasteiger partial charge in [0.25, 0.3) is 5.91 Å². The van der Waals surface area contributed by atoms with Gasteiger partial charge < -0.3 is 14.4 Å². The zero-order valence-corrected chi connectivity index (χ0v) is 18.6. The highest BCUT2D eigenvalue weighted by molar-refractivity contribution is 7.10. The van der Waals surface area contributed by atoms with Gasteiger partial charge in [0.1, 0.15) is 12.7 Å². The molecule has 2 aromatic carbocycles. The van der Waals surface area contributed by atoms with Gasteiger partial charge in [-0.05, 0) is 59.3 Å². The van der Waals surface area contributed by atoms with E-state index in [1.54, 1.807) is 36.6 Å². The van der Waals surface area contributed by atoms with Crippen molar-refractivity contribution >= 4 is 17.2 Å². The summed E-state index contributed by atoms with van der Waals surface area (Å²) in [7, 11) is 3.27. The minimum absolute atomic E-state index is 0.0224. The number of thiophene rings is 1. The average molecular weight is 447 g/mol. The number of carbonyl (C=O) groups excluding carboxylic acids is 1. The summed E-state index contributed by atoms with van der Waals surface area (Å²) in [6.07, 6.45) is 3.84. The molecule has 3 heterocycles. The lowest BCUT2D eigenvalue weighted by Gasteiger charge is -2.37. The Morgan fingerprint density at radius 3 is 2.66 bits per heavy atom. The van der Waals surface area contributed by atoms with Crippen molar-refractivity contribution in [3.63, 3.8) is 0 Å². The number of ether oxygens (including phenoxy) is 2.